The van der Waals surface area contributed by atoms with Gasteiger partial charge in [-0.2, -0.15) is 0 Å². The number of thiazole rings is 1. The van der Waals surface area contributed by atoms with E-state index < -0.39 is 10.8 Å². The number of para-hydroxylation sites is 1. The van der Waals surface area contributed by atoms with Gasteiger partial charge in [-0.25, -0.2) is 4.98 Å². The number of amides is 1. The van der Waals surface area contributed by atoms with E-state index in [1.165, 1.54) is 23.5 Å². The number of hydrogen-bond acceptors (Lipinski definition) is 6. The molecule has 0 unspecified atom stereocenters. The van der Waals surface area contributed by atoms with Crippen LogP contribution >= 0.6 is 11.3 Å². The van der Waals surface area contributed by atoms with Crippen LogP contribution in [0.4, 0.5) is 11.4 Å². The summed E-state index contributed by atoms with van der Waals surface area (Å²) in [5.74, 6) is -0.596. The monoisotopic (exact) mass is 479 g/mol. The van der Waals surface area contributed by atoms with Gasteiger partial charge >= 0.3 is 0 Å². The highest BCUT2D eigenvalue weighted by Gasteiger charge is 2.18. The summed E-state index contributed by atoms with van der Waals surface area (Å²) in [6.45, 7) is 0. The van der Waals surface area contributed by atoms with Crippen molar-refractivity contribution in [3.8, 4) is 10.6 Å². The van der Waals surface area contributed by atoms with Crippen molar-refractivity contribution in [1.29, 1.82) is 0 Å². The molecular weight excluding hydrogens is 462 g/mol. The molecule has 0 atom stereocenters. The van der Waals surface area contributed by atoms with Crippen molar-refractivity contribution in [3.63, 3.8) is 0 Å². The normalized spacial score (nSPS) is 10.7. The van der Waals surface area contributed by atoms with Crippen molar-refractivity contribution in [2.75, 3.05) is 5.32 Å². The van der Waals surface area contributed by atoms with E-state index in [9.17, 15) is 19.7 Å². The molecular formula is C27H17N3O4S. The largest absolute Gasteiger partial charge is 0.321 e. The van der Waals surface area contributed by atoms with Crippen molar-refractivity contribution in [2.45, 2.75) is 0 Å². The summed E-state index contributed by atoms with van der Waals surface area (Å²) in [5, 5.41) is 14.8. The van der Waals surface area contributed by atoms with Gasteiger partial charge in [0.15, 0.2) is 5.78 Å². The van der Waals surface area contributed by atoms with Crippen LogP contribution in [0.5, 0.6) is 0 Å². The van der Waals surface area contributed by atoms with E-state index in [1.807, 2.05) is 30.3 Å². The lowest BCUT2D eigenvalue weighted by molar-refractivity contribution is -0.384. The van der Waals surface area contributed by atoms with E-state index >= 15 is 0 Å². The molecule has 0 aliphatic rings. The highest BCUT2D eigenvalue weighted by Crippen LogP contribution is 2.36. The molecule has 1 N–H and O–H groups in total. The molecule has 0 bridgehead atoms. The predicted octanol–water partition coefficient (Wildman–Crippen LogP) is 6.35. The molecule has 8 heteroatoms. The fraction of sp³-hybridized carbons (Fsp3) is 0. The number of carbonyl (C=O) groups is 2. The Balaban J connectivity index is 1.44. The Labute approximate surface area is 203 Å². The third-order valence-corrected chi connectivity index (χ3v) is 6.50. The van der Waals surface area contributed by atoms with Crippen LogP contribution in [-0.4, -0.2) is 21.6 Å². The van der Waals surface area contributed by atoms with Crippen molar-refractivity contribution in [2.24, 2.45) is 0 Å². The van der Waals surface area contributed by atoms with Crippen LogP contribution < -0.4 is 5.32 Å². The number of aromatic nitrogens is 1. The zero-order chi connectivity index (χ0) is 24.4. The van der Waals surface area contributed by atoms with Gasteiger partial charge in [0, 0.05) is 34.4 Å². The minimum absolute atomic E-state index is 0.144. The van der Waals surface area contributed by atoms with E-state index in [0.717, 1.165) is 10.2 Å². The zero-order valence-electron chi connectivity index (χ0n) is 18.2. The second kappa shape index (κ2) is 9.28. The second-order valence-electron chi connectivity index (χ2n) is 7.70. The number of hydrogen-bond donors (Lipinski definition) is 1. The molecule has 4 aromatic carbocycles. The van der Waals surface area contributed by atoms with Gasteiger partial charge in [0.2, 0.25) is 0 Å². The first-order valence-electron chi connectivity index (χ1n) is 10.6. The Bertz CT molecular complexity index is 1540. The number of ketones is 1. The van der Waals surface area contributed by atoms with Gasteiger partial charge in [0.25, 0.3) is 11.6 Å². The zero-order valence-corrected chi connectivity index (χ0v) is 19.0. The van der Waals surface area contributed by atoms with Gasteiger partial charge in [0.1, 0.15) is 5.01 Å². The SMILES string of the molecule is O=C(Nc1cc([N+](=O)[O-])ccc1-c1nc2ccccc2s1)c1ccc(C(=O)c2ccccc2)cc1. The fourth-order valence-corrected chi connectivity index (χ4v) is 4.65. The number of anilines is 1. The van der Waals surface area contributed by atoms with E-state index in [-0.39, 0.29) is 17.2 Å². The maximum atomic E-state index is 13.0. The summed E-state index contributed by atoms with van der Waals surface area (Å²) in [6.07, 6.45) is 0. The van der Waals surface area contributed by atoms with E-state index in [4.69, 9.17) is 0 Å². The van der Waals surface area contributed by atoms with E-state index in [1.54, 1.807) is 54.6 Å². The summed E-state index contributed by atoms with van der Waals surface area (Å²) in [4.78, 5) is 41.1. The highest BCUT2D eigenvalue weighted by atomic mass is 32.1. The van der Waals surface area contributed by atoms with Crippen LogP contribution in [-0.2, 0) is 0 Å². The molecule has 1 amide bonds. The van der Waals surface area contributed by atoms with E-state index in [0.29, 0.717) is 27.3 Å². The molecule has 1 aromatic heterocycles. The van der Waals surface area contributed by atoms with E-state index in [2.05, 4.69) is 10.3 Å². The maximum Gasteiger partial charge on any atom is 0.271 e. The molecule has 0 saturated heterocycles. The summed E-state index contributed by atoms with van der Waals surface area (Å²) < 4.78 is 0.969. The third-order valence-electron chi connectivity index (χ3n) is 5.43. The average molecular weight is 480 g/mol. The molecule has 5 aromatic rings. The number of nitrogens with zero attached hydrogens (tertiary/aromatic N) is 2. The number of rotatable bonds is 6. The van der Waals surface area contributed by atoms with Crippen molar-refractivity contribution in [3.05, 3.63) is 124 Å². The third kappa shape index (κ3) is 4.55. The molecule has 7 nitrogen and oxygen atoms in total. The number of carbonyl (C=O) groups excluding carboxylic acids is 2. The van der Waals surface area contributed by atoms with Gasteiger partial charge in [0.05, 0.1) is 20.8 Å². The molecule has 1 heterocycles. The predicted molar refractivity (Wildman–Crippen MR) is 136 cm³/mol. The topological polar surface area (TPSA) is 102 Å². The van der Waals surface area contributed by atoms with Crippen molar-refractivity contribution >= 4 is 44.6 Å². The number of non-ortho nitro benzene ring substituents is 1. The first-order chi connectivity index (χ1) is 17.0. The average Bonchev–Trinajstić information content (AvgIpc) is 3.33. The molecule has 5 rings (SSSR count). The quantitative estimate of drug-likeness (QED) is 0.174. The summed E-state index contributed by atoms with van der Waals surface area (Å²) >= 11 is 1.43. The Morgan fingerprint density at radius 2 is 1.46 bits per heavy atom. The number of fused-ring (bicyclic) bond motifs is 1. The first kappa shape index (κ1) is 22.1. The maximum absolute atomic E-state index is 13.0. The Morgan fingerprint density at radius 1 is 0.800 bits per heavy atom. The van der Waals surface area contributed by atoms with Gasteiger partial charge in [-0.3, -0.25) is 19.7 Å². The molecule has 35 heavy (non-hydrogen) atoms. The lowest BCUT2D eigenvalue weighted by Gasteiger charge is -2.10. The van der Waals surface area contributed by atoms with Crippen molar-refractivity contribution < 1.29 is 14.5 Å². The van der Waals surface area contributed by atoms with Crippen LogP contribution in [0.3, 0.4) is 0 Å². The Kier molecular flexibility index (Phi) is 5.87. The van der Waals surface area contributed by atoms with Crippen LogP contribution in [0.1, 0.15) is 26.3 Å². The molecule has 0 aliphatic heterocycles. The van der Waals surface area contributed by atoms with Gasteiger partial charge in [-0.05, 0) is 30.3 Å². The van der Waals surface area contributed by atoms with Crippen molar-refractivity contribution in [1.82, 2.24) is 4.98 Å². The Hall–Kier alpha value is -4.69. The highest BCUT2D eigenvalue weighted by molar-refractivity contribution is 7.21. The first-order valence-corrected chi connectivity index (χ1v) is 11.5. The second-order valence-corrected chi connectivity index (χ2v) is 8.73. The minimum atomic E-state index is -0.512. The molecule has 0 spiro atoms. The summed E-state index contributed by atoms with van der Waals surface area (Å²) in [6, 6.07) is 27.1. The number of benzene rings is 4. The van der Waals surface area contributed by atoms with Crippen LogP contribution in [0.15, 0.2) is 97.1 Å². The molecule has 0 fully saturated rings. The number of nitrogens with one attached hydrogen (secondary N) is 1. The molecule has 0 aliphatic carbocycles. The fourth-order valence-electron chi connectivity index (χ4n) is 3.65. The molecule has 0 radical (unpaired) electrons. The molecule has 170 valence electrons. The minimum Gasteiger partial charge on any atom is -0.321 e. The van der Waals surface area contributed by atoms with Gasteiger partial charge in [-0.15, -0.1) is 11.3 Å². The lowest BCUT2D eigenvalue weighted by Crippen LogP contribution is -2.13. The summed E-state index contributed by atoms with van der Waals surface area (Å²) in [7, 11) is 0. The lowest BCUT2D eigenvalue weighted by atomic mass is 10.0. The van der Waals surface area contributed by atoms with Crippen LogP contribution in [0.25, 0.3) is 20.8 Å². The van der Waals surface area contributed by atoms with Gasteiger partial charge in [-0.1, -0.05) is 54.6 Å². The standard InChI is InChI=1S/C27H17N3O4S/c31-25(17-6-2-1-3-7-17)18-10-12-19(13-11-18)26(32)28-23-16-20(30(33)34)14-15-21(23)27-29-22-8-4-5-9-24(22)35-27/h1-16H,(H,28,32). The number of nitro groups is 1. The van der Waals surface area contributed by atoms with Crippen LogP contribution in [0, 0.1) is 10.1 Å². The number of nitro benzene ring substituents is 1. The smallest absolute Gasteiger partial charge is 0.271 e. The van der Waals surface area contributed by atoms with Crippen LogP contribution in [0.2, 0.25) is 0 Å². The summed E-state index contributed by atoms with van der Waals surface area (Å²) in [5.41, 5.74) is 2.86. The van der Waals surface area contributed by atoms with Gasteiger partial charge < -0.3 is 5.32 Å². The Morgan fingerprint density at radius 3 is 2.17 bits per heavy atom. The molecule has 0 saturated carbocycles.